The molecule has 0 aromatic carbocycles. The summed E-state index contributed by atoms with van der Waals surface area (Å²) in [5, 5.41) is 21.4. The fraction of sp³-hybridized carbons (Fsp3) is 0.250. The molecule has 0 saturated heterocycles. The van der Waals surface area contributed by atoms with Crippen molar-refractivity contribution in [3.05, 3.63) is 39.3 Å². The Morgan fingerprint density at radius 2 is 2.33 bits per heavy atom. The van der Waals surface area contributed by atoms with E-state index in [9.17, 15) is 20.1 Å². The molecule has 0 atom stereocenters. The molecule has 1 heterocycles. The number of esters is 1. The van der Waals surface area contributed by atoms with Crippen molar-refractivity contribution in [2.45, 2.75) is 6.92 Å². The van der Waals surface area contributed by atoms with Crippen molar-refractivity contribution < 1.29 is 19.2 Å². The van der Waals surface area contributed by atoms with Gasteiger partial charge in [0.15, 0.2) is 6.20 Å². The fourth-order valence-electron chi connectivity index (χ4n) is 0.996. The first-order valence-corrected chi connectivity index (χ1v) is 4.10. The van der Waals surface area contributed by atoms with E-state index in [1.165, 1.54) is 0 Å². The molecule has 15 heavy (non-hydrogen) atoms. The Balaban J connectivity index is 3.18. The Hall–Kier alpha value is -2.18. The molecule has 0 bridgehead atoms. The molecule has 0 aliphatic carbocycles. The van der Waals surface area contributed by atoms with Crippen LogP contribution in [0, 0.1) is 15.3 Å². The van der Waals surface area contributed by atoms with Crippen LogP contribution in [0.25, 0.3) is 0 Å². The van der Waals surface area contributed by atoms with Crippen molar-refractivity contribution in [1.29, 1.82) is 0 Å². The standard InChI is InChI=1S/C8H8N2O5/c1-2-15-8(11)6-5-9(12)4-3-7(6)10(13)14/h3-5H,2H2,1H3. The molecule has 0 saturated carbocycles. The Labute approximate surface area is 84.6 Å². The highest BCUT2D eigenvalue weighted by atomic mass is 16.6. The minimum absolute atomic E-state index is 0.0870. The van der Waals surface area contributed by atoms with E-state index < -0.39 is 16.6 Å². The number of rotatable bonds is 3. The van der Waals surface area contributed by atoms with Crippen molar-refractivity contribution in [3.8, 4) is 0 Å². The smallest absolute Gasteiger partial charge is 0.351 e. The van der Waals surface area contributed by atoms with Gasteiger partial charge in [-0.15, -0.1) is 0 Å². The average molecular weight is 212 g/mol. The van der Waals surface area contributed by atoms with Gasteiger partial charge < -0.3 is 9.94 Å². The number of carbonyl (C=O) groups excluding carboxylic acids is 1. The molecule has 1 rings (SSSR count). The third kappa shape index (κ3) is 2.39. The van der Waals surface area contributed by atoms with Crippen LogP contribution in [0.2, 0.25) is 0 Å². The number of pyridine rings is 1. The number of ether oxygens (including phenoxy) is 1. The second kappa shape index (κ2) is 4.36. The summed E-state index contributed by atoms with van der Waals surface area (Å²) in [6.07, 6.45) is 1.76. The zero-order chi connectivity index (χ0) is 11.4. The molecule has 1 aromatic heterocycles. The topological polar surface area (TPSA) is 96.4 Å². The highest BCUT2D eigenvalue weighted by Crippen LogP contribution is 2.16. The lowest BCUT2D eigenvalue weighted by molar-refractivity contribution is -0.606. The van der Waals surface area contributed by atoms with Crippen molar-refractivity contribution in [2.24, 2.45) is 0 Å². The highest BCUT2D eigenvalue weighted by Gasteiger charge is 2.24. The highest BCUT2D eigenvalue weighted by molar-refractivity contribution is 5.93. The molecule has 7 nitrogen and oxygen atoms in total. The van der Waals surface area contributed by atoms with E-state index in [2.05, 4.69) is 4.74 Å². The third-order valence-corrected chi connectivity index (χ3v) is 1.60. The Kier molecular flexibility index (Phi) is 3.17. The molecule has 0 aliphatic heterocycles. The fourth-order valence-corrected chi connectivity index (χ4v) is 0.996. The first-order chi connectivity index (χ1) is 7.06. The summed E-state index contributed by atoms with van der Waals surface area (Å²) in [5.41, 5.74) is -0.792. The van der Waals surface area contributed by atoms with E-state index in [4.69, 9.17) is 0 Å². The molecule has 1 aromatic rings. The van der Waals surface area contributed by atoms with Crippen LogP contribution in [0.1, 0.15) is 17.3 Å². The van der Waals surface area contributed by atoms with Gasteiger partial charge in [0.05, 0.1) is 17.6 Å². The molecule has 0 spiro atoms. The van der Waals surface area contributed by atoms with Gasteiger partial charge in [0.1, 0.15) is 0 Å². The minimum Gasteiger partial charge on any atom is -0.619 e. The maximum atomic E-state index is 11.2. The number of hydrogen-bond acceptors (Lipinski definition) is 5. The van der Waals surface area contributed by atoms with E-state index >= 15 is 0 Å². The van der Waals surface area contributed by atoms with Gasteiger partial charge in [0, 0.05) is 0 Å². The molecule has 0 N–H and O–H groups in total. The van der Waals surface area contributed by atoms with Gasteiger partial charge in [-0.25, -0.2) is 4.79 Å². The van der Waals surface area contributed by atoms with E-state index in [-0.39, 0.29) is 12.2 Å². The molecular weight excluding hydrogens is 204 g/mol. The van der Waals surface area contributed by atoms with E-state index in [0.717, 1.165) is 18.5 Å². The summed E-state index contributed by atoms with van der Waals surface area (Å²) in [7, 11) is 0. The molecule has 0 fully saturated rings. The second-order valence-electron chi connectivity index (χ2n) is 2.58. The van der Waals surface area contributed by atoms with Gasteiger partial charge in [-0.2, -0.15) is 4.73 Å². The van der Waals surface area contributed by atoms with Crippen molar-refractivity contribution >= 4 is 11.7 Å². The summed E-state index contributed by atoms with van der Waals surface area (Å²) in [5.74, 6) is -0.880. The van der Waals surface area contributed by atoms with E-state index in [1.54, 1.807) is 6.92 Å². The minimum atomic E-state index is -0.880. The summed E-state index contributed by atoms with van der Waals surface area (Å²) in [4.78, 5) is 21.0. The third-order valence-electron chi connectivity index (χ3n) is 1.60. The average Bonchev–Trinajstić information content (AvgIpc) is 2.17. The Morgan fingerprint density at radius 1 is 1.67 bits per heavy atom. The summed E-state index contributed by atoms with van der Waals surface area (Å²) < 4.78 is 4.88. The van der Waals surface area contributed by atoms with Crippen molar-refractivity contribution in [3.63, 3.8) is 0 Å². The zero-order valence-corrected chi connectivity index (χ0v) is 7.87. The van der Waals surface area contributed by atoms with Crippen LogP contribution in [-0.2, 0) is 4.74 Å². The maximum absolute atomic E-state index is 11.2. The quantitative estimate of drug-likeness (QED) is 0.237. The Morgan fingerprint density at radius 3 is 2.87 bits per heavy atom. The lowest BCUT2D eigenvalue weighted by atomic mass is 10.2. The van der Waals surface area contributed by atoms with Gasteiger partial charge >= 0.3 is 5.97 Å². The number of carbonyl (C=O) groups is 1. The van der Waals surface area contributed by atoms with Gasteiger partial charge in [0.2, 0.25) is 11.8 Å². The summed E-state index contributed by atoms with van der Waals surface area (Å²) >= 11 is 0. The molecule has 0 unspecified atom stereocenters. The number of nitrogens with zero attached hydrogens (tertiary/aromatic N) is 2. The van der Waals surface area contributed by atoms with Gasteiger partial charge in [-0.1, -0.05) is 0 Å². The maximum Gasteiger partial charge on any atom is 0.351 e. The lowest BCUT2D eigenvalue weighted by Gasteiger charge is -2.02. The normalized spacial score (nSPS) is 9.67. The van der Waals surface area contributed by atoms with Crippen LogP contribution in [0.15, 0.2) is 18.5 Å². The lowest BCUT2D eigenvalue weighted by Crippen LogP contribution is -2.27. The number of hydrogen-bond donors (Lipinski definition) is 0. The SMILES string of the molecule is CCOC(=O)c1c[n+]([O-])ccc1[N+](=O)[O-]. The Bertz CT molecular complexity index is 404. The van der Waals surface area contributed by atoms with Crippen LogP contribution in [0.4, 0.5) is 5.69 Å². The van der Waals surface area contributed by atoms with E-state index in [1.807, 2.05) is 0 Å². The predicted octanol–water partition coefficient (Wildman–Crippen LogP) is 0.405. The first kappa shape index (κ1) is 10.9. The van der Waals surface area contributed by atoms with Crippen LogP contribution in [-0.4, -0.2) is 17.5 Å². The van der Waals surface area contributed by atoms with Crippen molar-refractivity contribution in [1.82, 2.24) is 0 Å². The number of aromatic nitrogens is 1. The summed E-state index contributed by atoms with van der Waals surface area (Å²) in [6, 6.07) is 0.958. The monoisotopic (exact) mass is 212 g/mol. The van der Waals surface area contributed by atoms with Crippen LogP contribution >= 0.6 is 0 Å². The second-order valence-corrected chi connectivity index (χ2v) is 2.58. The molecule has 0 aliphatic rings. The molecular formula is C8H8N2O5. The van der Waals surface area contributed by atoms with Gasteiger partial charge in [-0.3, -0.25) is 10.1 Å². The molecule has 80 valence electrons. The van der Waals surface area contributed by atoms with Crippen LogP contribution in [0.3, 0.4) is 0 Å². The van der Waals surface area contributed by atoms with Gasteiger partial charge in [-0.05, 0) is 6.92 Å². The zero-order valence-electron chi connectivity index (χ0n) is 7.87. The largest absolute Gasteiger partial charge is 0.619 e. The van der Waals surface area contributed by atoms with Crippen LogP contribution < -0.4 is 4.73 Å². The first-order valence-electron chi connectivity index (χ1n) is 4.10. The van der Waals surface area contributed by atoms with E-state index in [0.29, 0.717) is 4.73 Å². The number of nitro groups is 1. The van der Waals surface area contributed by atoms with Gasteiger partial charge in [0.25, 0.3) is 5.69 Å². The molecule has 0 radical (unpaired) electrons. The molecule has 7 heteroatoms. The van der Waals surface area contributed by atoms with Crippen LogP contribution in [0.5, 0.6) is 0 Å². The predicted molar refractivity (Wildman–Crippen MR) is 48.0 cm³/mol. The van der Waals surface area contributed by atoms with Crippen molar-refractivity contribution in [2.75, 3.05) is 6.61 Å². The summed E-state index contributed by atoms with van der Waals surface area (Å²) in [6.45, 7) is 1.65. The molecule has 0 amide bonds.